The lowest BCUT2D eigenvalue weighted by Gasteiger charge is -2.36. The molecule has 0 amide bonds. The van der Waals surface area contributed by atoms with Crippen LogP contribution in [0.3, 0.4) is 0 Å². The Morgan fingerprint density at radius 3 is 2.62 bits per heavy atom. The molecule has 0 aromatic heterocycles. The number of nitrogens with one attached hydrogen (secondary N) is 1. The summed E-state index contributed by atoms with van der Waals surface area (Å²) in [6.07, 6.45) is 7.94. The lowest BCUT2D eigenvalue weighted by Crippen LogP contribution is -2.39. The van der Waals surface area contributed by atoms with Crippen LogP contribution in [0.25, 0.3) is 0 Å². The molecule has 3 atom stereocenters. The topological polar surface area (TPSA) is 21.3 Å². The van der Waals surface area contributed by atoms with Crippen molar-refractivity contribution >= 4 is 15.9 Å². The van der Waals surface area contributed by atoms with Gasteiger partial charge in [-0.25, -0.2) is 0 Å². The molecule has 1 saturated carbocycles. The van der Waals surface area contributed by atoms with Crippen molar-refractivity contribution in [3.8, 4) is 5.75 Å². The van der Waals surface area contributed by atoms with E-state index >= 15 is 0 Å². The van der Waals surface area contributed by atoms with E-state index < -0.39 is 0 Å². The van der Waals surface area contributed by atoms with Crippen LogP contribution in [-0.4, -0.2) is 19.7 Å². The van der Waals surface area contributed by atoms with E-state index in [0.29, 0.717) is 6.04 Å². The van der Waals surface area contributed by atoms with Crippen LogP contribution in [0, 0.1) is 11.8 Å². The standard InChI is InChI=1S/C18H28BrNO/c1-3-4-14-5-10-18(20-2)15(13-14)11-12-21-17-8-6-16(19)7-9-17/h6-9,14-15,18,20H,3-5,10-13H2,1-2H3. The Bertz CT molecular complexity index is 406. The van der Waals surface area contributed by atoms with Crippen LogP contribution in [-0.2, 0) is 0 Å². The minimum atomic E-state index is 0.673. The van der Waals surface area contributed by atoms with Gasteiger partial charge in [-0.05, 0) is 68.8 Å². The maximum atomic E-state index is 5.90. The van der Waals surface area contributed by atoms with Crippen molar-refractivity contribution in [2.75, 3.05) is 13.7 Å². The first-order valence-electron chi connectivity index (χ1n) is 8.28. The van der Waals surface area contributed by atoms with Crippen molar-refractivity contribution in [2.45, 2.75) is 51.5 Å². The summed E-state index contributed by atoms with van der Waals surface area (Å²) >= 11 is 3.45. The quantitative estimate of drug-likeness (QED) is 0.742. The number of ether oxygens (including phenoxy) is 1. The number of rotatable bonds is 7. The minimum Gasteiger partial charge on any atom is -0.494 e. The van der Waals surface area contributed by atoms with Gasteiger partial charge < -0.3 is 10.1 Å². The van der Waals surface area contributed by atoms with Gasteiger partial charge in [0.15, 0.2) is 0 Å². The maximum absolute atomic E-state index is 5.90. The van der Waals surface area contributed by atoms with Crippen molar-refractivity contribution in [1.29, 1.82) is 0 Å². The largest absolute Gasteiger partial charge is 0.494 e. The fourth-order valence-corrected chi connectivity index (χ4v) is 3.85. The van der Waals surface area contributed by atoms with Gasteiger partial charge >= 0.3 is 0 Å². The first-order chi connectivity index (χ1) is 10.2. The van der Waals surface area contributed by atoms with E-state index in [2.05, 4.69) is 35.2 Å². The van der Waals surface area contributed by atoms with Crippen LogP contribution in [0.15, 0.2) is 28.7 Å². The van der Waals surface area contributed by atoms with Crippen LogP contribution in [0.5, 0.6) is 5.75 Å². The Labute approximate surface area is 137 Å². The summed E-state index contributed by atoms with van der Waals surface area (Å²) in [5.74, 6) is 2.66. The Kier molecular flexibility index (Phi) is 7.05. The predicted octanol–water partition coefficient (Wildman–Crippen LogP) is 5.02. The summed E-state index contributed by atoms with van der Waals surface area (Å²) in [7, 11) is 2.10. The zero-order chi connectivity index (χ0) is 15.1. The Balaban J connectivity index is 1.79. The second-order valence-electron chi connectivity index (χ2n) is 6.21. The lowest BCUT2D eigenvalue weighted by molar-refractivity contribution is 0.166. The Morgan fingerprint density at radius 2 is 1.95 bits per heavy atom. The van der Waals surface area contributed by atoms with Gasteiger partial charge in [0.1, 0.15) is 5.75 Å². The zero-order valence-corrected chi connectivity index (χ0v) is 14.9. The molecular formula is C18H28BrNO. The molecule has 1 aromatic rings. The molecule has 3 unspecified atom stereocenters. The summed E-state index contributed by atoms with van der Waals surface area (Å²) in [6.45, 7) is 3.12. The van der Waals surface area contributed by atoms with Crippen molar-refractivity contribution in [2.24, 2.45) is 11.8 Å². The van der Waals surface area contributed by atoms with Crippen molar-refractivity contribution < 1.29 is 4.74 Å². The van der Waals surface area contributed by atoms with Crippen molar-refractivity contribution in [3.63, 3.8) is 0 Å². The Hall–Kier alpha value is -0.540. The van der Waals surface area contributed by atoms with Crippen LogP contribution in [0.4, 0.5) is 0 Å². The maximum Gasteiger partial charge on any atom is 0.119 e. The smallest absolute Gasteiger partial charge is 0.119 e. The molecule has 21 heavy (non-hydrogen) atoms. The highest BCUT2D eigenvalue weighted by molar-refractivity contribution is 9.10. The fraction of sp³-hybridized carbons (Fsp3) is 0.667. The molecule has 1 aliphatic rings. The average Bonchev–Trinajstić information content (AvgIpc) is 2.50. The summed E-state index contributed by atoms with van der Waals surface area (Å²) in [5, 5.41) is 3.51. The van der Waals surface area contributed by atoms with E-state index in [9.17, 15) is 0 Å². The van der Waals surface area contributed by atoms with E-state index in [1.165, 1.54) is 32.1 Å². The summed E-state index contributed by atoms with van der Waals surface area (Å²) < 4.78 is 7.00. The molecule has 2 nitrogen and oxygen atoms in total. The lowest BCUT2D eigenvalue weighted by atomic mass is 9.75. The van der Waals surface area contributed by atoms with Crippen LogP contribution in [0.2, 0.25) is 0 Å². The third-order valence-electron chi connectivity index (χ3n) is 4.73. The summed E-state index contributed by atoms with van der Waals surface area (Å²) in [4.78, 5) is 0. The highest BCUT2D eigenvalue weighted by Crippen LogP contribution is 2.34. The fourth-order valence-electron chi connectivity index (χ4n) is 3.59. The van der Waals surface area contributed by atoms with Gasteiger partial charge in [0.2, 0.25) is 0 Å². The molecular weight excluding hydrogens is 326 g/mol. The van der Waals surface area contributed by atoms with E-state index in [-0.39, 0.29) is 0 Å². The molecule has 1 N–H and O–H groups in total. The normalized spacial score (nSPS) is 25.8. The monoisotopic (exact) mass is 353 g/mol. The second-order valence-corrected chi connectivity index (χ2v) is 7.13. The van der Waals surface area contributed by atoms with Gasteiger partial charge in [-0.15, -0.1) is 0 Å². The molecule has 0 bridgehead atoms. The predicted molar refractivity (Wildman–Crippen MR) is 92.8 cm³/mol. The third kappa shape index (κ3) is 5.30. The molecule has 2 rings (SSSR count). The molecule has 1 aromatic carbocycles. The van der Waals surface area contributed by atoms with Gasteiger partial charge in [0, 0.05) is 10.5 Å². The number of hydrogen-bond donors (Lipinski definition) is 1. The van der Waals surface area contributed by atoms with E-state index in [1.807, 2.05) is 24.3 Å². The van der Waals surface area contributed by atoms with Crippen LogP contribution in [0.1, 0.15) is 45.4 Å². The number of benzene rings is 1. The van der Waals surface area contributed by atoms with Gasteiger partial charge in [-0.1, -0.05) is 35.7 Å². The molecule has 0 saturated heterocycles. The van der Waals surface area contributed by atoms with Gasteiger partial charge in [0.05, 0.1) is 6.61 Å². The third-order valence-corrected chi connectivity index (χ3v) is 5.26. The number of halogens is 1. The molecule has 3 heteroatoms. The molecule has 1 fully saturated rings. The van der Waals surface area contributed by atoms with Crippen LogP contribution < -0.4 is 10.1 Å². The van der Waals surface area contributed by atoms with Crippen molar-refractivity contribution in [3.05, 3.63) is 28.7 Å². The molecule has 0 spiro atoms. The first kappa shape index (κ1) is 16.8. The van der Waals surface area contributed by atoms with Gasteiger partial charge in [-0.3, -0.25) is 0 Å². The molecule has 0 aliphatic heterocycles. The van der Waals surface area contributed by atoms with Crippen molar-refractivity contribution in [1.82, 2.24) is 5.32 Å². The van der Waals surface area contributed by atoms with E-state index in [0.717, 1.165) is 35.1 Å². The first-order valence-corrected chi connectivity index (χ1v) is 9.07. The second kappa shape index (κ2) is 8.79. The van der Waals surface area contributed by atoms with E-state index in [4.69, 9.17) is 4.74 Å². The highest BCUT2D eigenvalue weighted by Gasteiger charge is 2.28. The summed E-state index contributed by atoms with van der Waals surface area (Å²) in [6, 6.07) is 8.79. The molecule has 1 aliphatic carbocycles. The molecule has 0 radical (unpaired) electrons. The zero-order valence-electron chi connectivity index (χ0n) is 13.3. The SMILES string of the molecule is CCCC1CCC(NC)C(CCOc2ccc(Br)cc2)C1. The highest BCUT2D eigenvalue weighted by atomic mass is 79.9. The Morgan fingerprint density at radius 1 is 1.19 bits per heavy atom. The molecule has 0 heterocycles. The molecule has 118 valence electrons. The minimum absolute atomic E-state index is 0.673. The summed E-state index contributed by atoms with van der Waals surface area (Å²) in [5.41, 5.74) is 0. The van der Waals surface area contributed by atoms with Gasteiger partial charge in [0.25, 0.3) is 0 Å². The average molecular weight is 354 g/mol. The number of hydrogen-bond acceptors (Lipinski definition) is 2. The van der Waals surface area contributed by atoms with E-state index in [1.54, 1.807) is 0 Å². The van der Waals surface area contributed by atoms with Crippen LogP contribution >= 0.6 is 15.9 Å². The van der Waals surface area contributed by atoms with Gasteiger partial charge in [-0.2, -0.15) is 0 Å².